The Morgan fingerprint density at radius 1 is 1.00 bits per heavy atom. The van der Waals surface area contributed by atoms with Crippen LogP contribution in [-0.2, 0) is 0 Å². The molecule has 170 valence electrons. The highest BCUT2D eigenvalue weighted by Crippen LogP contribution is 2.40. The van der Waals surface area contributed by atoms with E-state index in [9.17, 15) is 0 Å². The fourth-order valence-electron chi connectivity index (χ4n) is 4.37. The van der Waals surface area contributed by atoms with Crippen molar-refractivity contribution in [3.05, 3.63) is 36.5 Å². The lowest BCUT2D eigenvalue weighted by Gasteiger charge is -2.31. The fourth-order valence-corrected chi connectivity index (χ4v) is 5.44. The number of rotatable bonds is 5. The second-order valence-electron chi connectivity index (χ2n) is 7.86. The van der Waals surface area contributed by atoms with E-state index in [0.717, 1.165) is 43.6 Å². The van der Waals surface area contributed by atoms with E-state index in [4.69, 9.17) is 14.6 Å². The number of thiophene rings is 1. The van der Waals surface area contributed by atoms with Crippen LogP contribution in [0.4, 0.5) is 5.82 Å². The van der Waals surface area contributed by atoms with Crippen LogP contribution in [0.1, 0.15) is 46.0 Å². The minimum absolute atomic E-state index is 0.569. The van der Waals surface area contributed by atoms with Gasteiger partial charge < -0.3 is 14.4 Å². The molecule has 0 radical (unpaired) electrons. The zero-order chi connectivity index (χ0) is 22.7. The number of methoxy groups -OCH3 is 2. The van der Waals surface area contributed by atoms with Crippen LogP contribution < -0.4 is 14.4 Å². The number of nitrogens with zero attached hydrogens (tertiary/aromatic N) is 4. The van der Waals surface area contributed by atoms with E-state index in [1.807, 2.05) is 36.7 Å². The highest BCUT2D eigenvalue weighted by Gasteiger charge is 2.20. The van der Waals surface area contributed by atoms with Gasteiger partial charge in [0.2, 0.25) is 0 Å². The van der Waals surface area contributed by atoms with E-state index in [2.05, 4.69) is 35.1 Å². The summed E-state index contributed by atoms with van der Waals surface area (Å²) in [4.78, 5) is 8.04. The summed E-state index contributed by atoms with van der Waals surface area (Å²) in [6.45, 7) is 4.00. The van der Waals surface area contributed by atoms with Gasteiger partial charge in [0.25, 0.3) is 0 Å². The molecule has 32 heavy (non-hydrogen) atoms. The SMILES string of the molecule is CC.COc1cc2cc(-c3cnc4ccc(N(C)C5CCCCC5)nn34)sc2cc1OC. The van der Waals surface area contributed by atoms with Crippen LogP contribution in [0.5, 0.6) is 11.5 Å². The van der Waals surface area contributed by atoms with Gasteiger partial charge in [-0.15, -0.1) is 16.4 Å². The van der Waals surface area contributed by atoms with Gasteiger partial charge in [-0.3, -0.25) is 0 Å². The van der Waals surface area contributed by atoms with Crippen LogP contribution in [0.15, 0.2) is 36.5 Å². The molecule has 0 spiro atoms. The first kappa shape index (κ1) is 22.4. The molecular formula is C25H32N4O2S. The molecule has 0 bridgehead atoms. The third-order valence-corrected chi connectivity index (χ3v) is 7.23. The molecule has 6 nitrogen and oxygen atoms in total. The summed E-state index contributed by atoms with van der Waals surface area (Å²) in [5, 5.41) is 6.08. The van der Waals surface area contributed by atoms with Gasteiger partial charge in [-0.25, -0.2) is 9.50 Å². The average molecular weight is 453 g/mol. The van der Waals surface area contributed by atoms with Crippen molar-refractivity contribution < 1.29 is 9.47 Å². The highest BCUT2D eigenvalue weighted by atomic mass is 32.1. The van der Waals surface area contributed by atoms with E-state index in [1.165, 1.54) is 32.1 Å². The quantitative estimate of drug-likeness (QED) is 0.349. The molecule has 1 aliphatic carbocycles. The predicted octanol–water partition coefficient (Wildman–Crippen LogP) is 6.42. The van der Waals surface area contributed by atoms with Crippen molar-refractivity contribution in [2.75, 3.05) is 26.2 Å². The Bertz CT molecular complexity index is 1150. The number of hydrogen-bond donors (Lipinski definition) is 0. The lowest BCUT2D eigenvalue weighted by molar-refractivity contribution is 0.356. The van der Waals surface area contributed by atoms with Crippen LogP contribution >= 0.6 is 11.3 Å². The summed E-state index contributed by atoms with van der Waals surface area (Å²) in [7, 11) is 5.49. The molecule has 5 rings (SSSR count). The maximum Gasteiger partial charge on any atom is 0.162 e. The van der Waals surface area contributed by atoms with Crippen LogP contribution in [0.25, 0.3) is 26.3 Å². The van der Waals surface area contributed by atoms with Crippen molar-refractivity contribution in [2.45, 2.75) is 52.0 Å². The summed E-state index contributed by atoms with van der Waals surface area (Å²) < 4.78 is 14.0. The maximum absolute atomic E-state index is 5.46. The molecule has 1 fully saturated rings. The molecule has 0 atom stereocenters. The van der Waals surface area contributed by atoms with Crippen molar-refractivity contribution in [2.24, 2.45) is 0 Å². The number of imidazole rings is 1. The van der Waals surface area contributed by atoms with E-state index >= 15 is 0 Å². The molecule has 1 saturated carbocycles. The Morgan fingerprint density at radius 3 is 2.44 bits per heavy atom. The van der Waals surface area contributed by atoms with Gasteiger partial charge in [-0.05, 0) is 42.5 Å². The van der Waals surface area contributed by atoms with Gasteiger partial charge in [-0.2, -0.15) is 0 Å². The minimum atomic E-state index is 0.569. The predicted molar refractivity (Wildman–Crippen MR) is 134 cm³/mol. The van der Waals surface area contributed by atoms with Crippen molar-refractivity contribution in [3.63, 3.8) is 0 Å². The van der Waals surface area contributed by atoms with Crippen LogP contribution in [0.2, 0.25) is 0 Å². The largest absolute Gasteiger partial charge is 0.493 e. The zero-order valence-electron chi connectivity index (χ0n) is 19.6. The standard InChI is InChI=1S/C23H26N4O2S.C2H6/c1-26(16-7-5-4-6-8-16)23-10-9-22-24-14-17(27(22)25-23)21-12-15-11-18(28-2)19(29-3)13-20(15)30-21;1-2/h9-14,16H,4-8H2,1-3H3;1-2H3. The summed E-state index contributed by atoms with van der Waals surface area (Å²) >= 11 is 1.71. The minimum Gasteiger partial charge on any atom is -0.493 e. The molecule has 0 saturated heterocycles. The molecular weight excluding hydrogens is 420 g/mol. The second kappa shape index (κ2) is 9.77. The molecule has 0 N–H and O–H groups in total. The molecule has 0 amide bonds. The van der Waals surface area contributed by atoms with Gasteiger partial charge >= 0.3 is 0 Å². The lowest BCUT2D eigenvalue weighted by Crippen LogP contribution is -2.34. The summed E-state index contributed by atoms with van der Waals surface area (Å²) in [5.41, 5.74) is 1.86. The first-order valence-corrected chi connectivity index (χ1v) is 12.2. The maximum atomic E-state index is 5.46. The Hall–Kier alpha value is -2.80. The Kier molecular flexibility index (Phi) is 6.84. The van der Waals surface area contributed by atoms with Crippen molar-refractivity contribution in [1.82, 2.24) is 14.6 Å². The van der Waals surface area contributed by atoms with Crippen LogP contribution in [0.3, 0.4) is 0 Å². The van der Waals surface area contributed by atoms with E-state index in [-0.39, 0.29) is 0 Å². The van der Waals surface area contributed by atoms with Crippen molar-refractivity contribution in [3.8, 4) is 22.1 Å². The lowest BCUT2D eigenvalue weighted by atomic mass is 9.94. The van der Waals surface area contributed by atoms with Gasteiger partial charge in [0.1, 0.15) is 11.5 Å². The molecule has 1 aliphatic rings. The molecule has 7 heteroatoms. The number of aromatic nitrogens is 3. The number of hydrogen-bond acceptors (Lipinski definition) is 6. The zero-order valence-corrected chi connectivity index (χ0v) is 20.4. The van der Waals surface area contributed by atoms with Gasteiger partial charge in [0, 0.05) is 23.9 Å². The van der Waals surface area contributed by atoms with Gasteiger partial charge in [0.05, 0.1) is 25.3 Å². The van der Waals surface area contributed by atoms with E-state index in [0.29, 0.717) is 6.04 Å². The van der Waals surface area contributed by atoms with Gasteiger partial charge in [-0.1, -0.05) is 33.1 Å². The average Bonchev–Trinajstić information content (AvgIpc) is 3.47. The molecule has 0 unspecified atom stereocenters. The molecule has 3 aromatic heterocycles. The number of anilines is 1. The smallest absolute Gasteiger partial charge is 0.162 e. The number of fused-ring (bicyclic) bond motifs is 2. The van der Waals surface area contributed by atoms with E-state index in [1.54, 1.807) is 25.6 Å². The van der Waals surface area contributed by atoms with Crippen LogP contribution in [0, 0.1) is 0 Å². The Labute approximate surface area is 193 Å². The molecule has 3 heterocycles. The first-order valence-electron chi connectivity index (χ1n) is 11.4. The topological polar surface area (TPSA) is 51.9 Å². The van der Waals surface area contributed by atoms with Gasteiger partial charge in [0.15, 0.2) is 17.1 Å². The third-order valence-electron chi connectivity index (χ3n) is 6.11. The Balaban J connectivity index is 0.00000119. The summed E-state index contributed by atoms with van der Waals surface area (Å²) in [6, 6.07) is 10.9. The first-order chi connectivity index (χ1) is 15.7. The number of benzene rings is 1. The monoisotopic (exact) mass is 452 g/mol. The molecule has 0 aliphatic heterocycles. The number of ether oxygens (including phenoxy) is 2. The summed E-state index contributed by atoms with van der Waals surface area (Å²) in [5.74, 6) is 2.48. The van der Waals surface area contributed by atoms with Crippen LogP contribution in [-0.4, -0.2) is 41.9 Å². The highest BCUT2D eigenvalue weighted by molar-refractivity contribution is 7.22. The second-order valence-corrected chi connectivity index (χ2v) is 8.95. The van der Waals surface area contributed by atoms with E-state index < -0.39 is 0 Å². The fraction of sp³-hybridized carbons (Fsp3) is 0.440. The third kappa shape index (κ3) is 4.13. The normalized spacial score (nSPS) is 14.3. The Morgan fingerprint density at radius 2 is 1.72 bits per heavy atom. The summed E-state index contributed by atoms with van der Waals surface area (Å²) in [6.07, 6.45) is 8.36. The molecule has 1 aromatic carbocycles. The van der Waals surface area contributed by atoms with Crippen molar-refractivity contribution >= 4 is 32.9 Å². The molecule has 4 aromatic rings. The van der Waals surface area contributed by atoms with Crippen molar-refractivity contribution in [1.29, 1.82) is 0 Å².